The lowest BCUT2D eigenvalue weighted by Crippen LogP contribution is -2.50. The van der Waals surface area contributed by atoms with Crippen molar-refractivity contribution in [2.75, 3.05) is 47.0 Å². The number of pyridine rings is 1. The molecule has 5 heteroatoms. The van der Waals surface area contributed by atoms with Crippen molar-refractivity contribution in [2.24, 2.45) is 5.92 Å². The van der Waals surface area contributed by atoms with Crippen LogP contribution in [-0.2, 0) is 16.0 Å². The molecule has 3 rings (SSSR count). The second-order valence-corrected chi connectivity index (χ2v) is 6.95. The topological polar surface area (TPSA) is 37.8 Å². The molecule has 2 aliphatic rings. The molecule has 1 aromatic heterocycles. The average Bonchev–Trinajstić information content (AvgIpc) is 2.97. The quantitative estimate of drug-likeness (QED) is 0.714. The van der Waals surface area contributed by atoms with Crippen LogP contribution < -0.4 is 0 Å². The van der Waals surface area contributed by atoms with Gasteiger partial charge in [-0.25, -0.2) is 0 Å². The molecule has 23 heavy (non-hydrogen) atoms. The summed E-state index contributed by atoms with van der Waals surface area (Å²) in [4.78, 5) is 8.96. The normalized spacial score (nSPS) is 28.2. The molecule has 1 saturated heterocycles. The SMILES string of the molecule is CN(C)CCOC[C@@H]1CC[C@@H]2[C@H]1OCCN2Cc1cccnc1. The third kappa shape index (κ3) is 4.51. The standard InChI is InChI=1S/C18H29N3O2/c1-20(2)8-10-22-14-16-5-6-17-18(16)23-11-9-21(17)13-15-4-3-7-19-12-15/h3-4,7,12,16-18H,5-6,8-11,13-14H2,1-2H3/t16-,17+,18-/m0/s1. The minimum Gasteiger partial charge on any atom is -0.380 e. The van der Waals surface area contributed by atoms with Crippen molar-refractivity contribution < 1.29 is 9.47 Å². The van der Waals surface area contributed by atoms with E-state index in [0.717, 1.165) is 39.5 Å². The Labute approximate surface area is 139 Å². The highest BCUT2D eigenvalue weighted by Gasteiger charge is 2.42. The van der Waals surface area contributed by atoms with Gasteiger partial charge in [0.25, 0.3) is 0 Å². The van der Waals surface area contributed by atoms with Gasteiger partial charge in [-0.1, -0.05) is 6.07 Å². The summed E-state index contributed by atoms with van der Waals surface area (Å²) in [6.07, 6.45) is 6.57. The lowest BCUT2D eigenvalue weighted by molar-refractivity contribution is -0.0883. The number of morpholine rings is 1. The summed E-state index contributed by atoms with van der Waals surface area (Å²) >= 11 is 0. The molecular formula is C18H29N3O2. The van der Waals surface area contributed by atoms with Crippen molar-refractivity contribution in [3.05, 3.63) is 30.1 Å². The summed E-state index contributed by atoms with van der Waals surface area (Å²) in [5.74, 6) is 0.541. The summed E-state index contributed by atoms with van der Waals surface area (Å²) in [6.45, 7) is 5.44. The largest absolute Gasteiger partial charge is 0.380 e. The number of aromatic nitrogens is 1. The molecule has 0 N–H and O–H groups in total. The first-order valence-electron chi connectivity index (χ1n) is 8.71. The van der Waals surface area contributed by atoms with Gasteiger partial charge >= 0.3 is 0 Å². The predicted molar refractivity (Wildman–Crippen MR) is 90.3 cm³/mol. The third-order valence-corrected chi connectivity index (χ3v) is 4.96. The van der Waals surface area contributed by atoms with Gasteiger partial charge in [0, 0.05) is 44.0 Å². The van der Waals surface area contributed by atoms with Crippen LogP contribution in [0.3, 0.4) is 0 Å². The van der Waals surface area contributed by atoms with Gasteiger partial charge in [0.15, 0.2) is 0 Å². The highest BCUT2D eigenvalue weighted by molar-refractivity contribution is 5.09. The van der Waals surface area contributed by atoms with Gasteiger partial charge in [0.05, 0.1) is 25.9 Å². The van der Waals surface area contributed by atoms with Crippen LogP contribution in [0.15, 0.2) is 24.5 Å². The zero-order chi connectivity index (χ0) is 16.1. The fourth-order valence-corrected chi connectivity index (χ4v) is 3.72. The van der Waals surface area contributed by atoms with Crippen molar-refractivity contribution in [3.8, 4) is 0 Å². The number of hydrogen-bond acceptors (Lipinski definition) is 5. The van der Waals surface area contributed by atoms with Crippen LogP contribution in [0.4, 0.5) is 0 Å². The molecule has 0 bridgehead atoms. The number of fused-ring (bicyclic) bond motifs is 1. The second kappa shape index (κ2) is 8.20. The summed E-state index contributed by atoms with van der Waals surface area (Å²) in [5.41, 5.74) is 1.29. The van der Waals surface area contributed by atoms with Crippen LogP contribution >= 0.6 is 0 Å². The van der Waals surface area contributed by atoms with Gasteiger partial charge in [-0.05, 0) is 38.6 Å². The molecule has 0 amide bonds. The molecule has 1 aliphatic heterocycles. The molecule has 0 radical (unpaired) electrons. The summed E-state index contributed by atoms with van der Waals surface area (Å²) in [7, 11) is 4.16. The van der Waals surface area contributed by atoms with Crippen molar-refractivity contribution in [3.63, 3.8) is 0 Å². The first-order chi connectivity index (χ1) is 11.2. The Morgan fingerprint density at radius 1 is 1.39 bits per heavy atom. The summed E-state index contributed by atoms with van der Waals surface area (Å²) < 4.78 is 12.0. The summed E-state index contributed by atoms with van der Waals surface area (Å²) in [5, 5.41) is 0. The zero-order valence-electron chi connectivity index (χ0n) is 14.4. The number of rotatable bonds is 7. The Morgan fingerprint density at radius 2 is 2.30 bits per heavy atom. The maximum absolute atomic E-state index is 6.11. The van der Waals surface area contributed by atoms with Gasteiger partial charge in [-0.2, -0.15) is 0 Å². The number of nitrogens with zero attached hydrogens (tertiary/aromatic N) is 3. The van der Waals surface area contributed by atoms with E-state index in [1.54, 1.807) is 0 Å². The molecule has 3 atom stereocenters. The van der Waals surface area contributed by atoms with Crippen LogP contribution in [0, 0.1) is 5.92 Å². The smallest absolute Gasteiger partial charge is 0.0781 e. The monoisotopic (exact) mass is 319 g/mol. The fraction of sp³-hybridized carbons (Fsp3) is 0.722. The van der Waals surface area contributed by atoms with Crippen LogP contribution in [-0.4, -0.2) is 73.9 Å². The van der Waals surface area contributed by atoms with E-state index in [2.05, 4.69) is 34.9 Å². The Morgan fingerprint density at radius 3 is 3.09 bits per heavy atom. The molecule has 128 valence electrons. The number of ether oxygens (including phenoxy) is 2. The third-order valence-electron chi connectivity index (χ3n) is 4.96. The van der Waals surface area contributed by atoms with Crippen LogP contribution in [0.2, 0.25) is 0 Å². The Kier molecular flexibility index (Phi) is 6.00. The van der Waals surface area contributed by atoms with Crippen LogP contribution in [0.1, 0.15) is 18.4 Å². The van der Waals surface area contributed by atoms with Gasteiger partial charge in [0.1, 0.15) is 0 Å². The highest BCUT2D eigenvalue weighted by Crippen LogP contribution is 2.35. The van der Waals surface area contributed by atoms with Crippen molar-refractivity contribution >= 4 is 0 Å². The molecule has 0 aromatic carbocycles. The molecule has 0 unspecified atom stereocenters. The van der Waals surface area contributed by atoms with Crippen molar-refractivity contribution in [1.29, 1.82) is 0 Å². The van der Waals surface area contributed by atoms with Crippen molar-refractivity contribution in [2.45, 2.75) is 31.5 Å². The van der Waals surface area contributed by atoms with Gasteiger partial charge in [0.2, 0.25) is 0 Å². The van der Waals surface area contributed by atoms with E-state index in [-0.39, 0.29) is 0 Å². The van der Waals surface area contributed by atoms with E-state index in [4.69, 9.17) is 9.47 Å². The lowest BCUT2D eigenvalue weighted by atomic mass is 10.0. The van der Waals surface area contributed by atoms with E-state index >= 15 is 0 Å². The lowest BCUT2D eigenvalue weighted by Gasteiger charge is -2.39. The van der Waals surface area contributed by atoms with Crippen molar-refractivity contribution in [1.82, 2.24) is 14.8 Å². The summed E-state index contributed by atoms with van der Waals surface area (Å²) in [6, 6.07) is 4.71. The average molecular weight is 319 g/mol. The first-order valence-corrected chi connectivity index (χ1v) is 8.71. The Bertz CT molecular complexity index is 469. The molecule has 0 spiro atoms. The van der Waals surface area contributed by atoms with E-state index in [0.29, 0.717) is 18.1 Å². The van der Waals surface area contributed by atoms with E-state index < -0.39 is 0 Å². The van der Waals surface area contributed by atoms with Gasteiger partial charge in [-0.15, -0.1) is 0 Å². The van der Waals surface area contributed by atoms with E-state index in [9.17, 15) is 0 Å². The van der Waals surface area contributed by atoms with Gasteiger partial charge < -0.3 is 14.4 Å². The number of hydrogen-bond donors (Lipinski definition) is 0. The van der Waals surface area contributed by atoms with Crippen LogP contribution in [0.5, 0.6) is 0 Å². The second-order valence-electron chi connectivity index (χ2n) is 6.95. The van der Waals surface area contributed by atoms with E-state index in [1.807, 2.05) is 18.5 Å². The van der Waals surface area contributed by atoms with E-state index in [1.165, 1.54) is 18.4 Å². The minimum atomic E-state index is 0.333. The molecular weight excluding hydrogens is 290 g/mol. The maximum Gasteiger partial charge on any atom is 0.0781 e. The maximum atomic E-state index is 6.11. The van der Waals surface area contributed by atoms with Gasteiger partial charge in [-0.3, -0.25) is 9.88 Å². The molecule has 1 aromatic rings. The zero-order valence-corrected chi connectivity index (χ0v) is 14.4. The molecule has 2 fully saturated rings. The predicted octanol–water partition coefficient (Wildman–Crippen LogP) is 1.64. The highest BCUT2D eigenvalue weighted by atomic mass is 16.5. The fourth-order valence-electron chi connectivity index (χ4n) is 3.72. The first kappa shape index (κ1) is 16.8. The number of likely N-dealkylation sites (N-methyl/N-ethyl adjacent to an activating group) is 1. The molecule has 1 saturated carbocycles. The minimum absolute atomic E-state index is 0.333. The molecule has 5 nitrogen and oxygen atoms in total. The molecule has 1 aliphatic carbocycles. The Balaban J connectivity index is 1.51. The Hall–Kier alpha value is -1.01. The van der Waals surface area contributed by atoms with Crippen LogP contribution in [0.25, 0.3) is 0 Å². The molecule has 2 heterocycles.